The molecule has 0 amide bonds. The van der Waals surface area contributed by atoms with Crippen molar-refractivity contribution in [2.24, 2.45) is 5.92 Å². The minimum absolute atomic E-state index is 0.132. The molecule has 3 aliphatic rings. The van der Waals surface area contributed by atoms with Crippen molar-refractivity contribution in [1.29, 1.82) is 0 Å². The SMILES string of the molecule is C[Si](C)(C)c1ncc(C(O)C2CCN(CC34CC(c5ccccc53)c3ccccc34)CC2)s1. The fourth-order valence-corrected chi connectivity index (χ4v) is 9.40. The van der Waals surface area contributed by atoms with Crippen LogP contribution in [0.3, 0.4) is 0 Å². The van der Waals surface area contributed by atoms with Gasteiger partial charge >= 0.3 is 0 Å². The molecular weight excluding hydrogens is 440 g/mol. The van der Waals surface area contributed by atoms with E-state index in [9.17, 15) is 5.11 Å². The Morgan fingerprint density at radius 3 is 2.21 bits per heavy atom. The van der Waals surface area contributed by atoms with Crippen LogP contribution in [0, 0.1) is 5.92 Å². The molecule has 2 heterocycles. The first-order chi connectivity index (χ1) is 15.9. The normalized spacial score (nSPS) is 25.8. The highest BCUT2D eigenvalue weighted by atomic mass is 32.1. The van der Waals surface area contributed by atoms with Crippen molar-refractivity contribution >= 4 is 24.0 Å². The minimum atomic E-state index is -1.42. The number of hydrogen-bond acceptors (Lipinski definition) is 4. The summed E-state index contributed by atoms with van der Waals surface area (Å²) in [6, 6.07) is 18.3. The molecule has 172 valence electrons. The molecule has 6 rings (SSSR count). The molecule has 5 heteroatoms. The standard InChI is InChI=1S/C28H34N2OSSi/c1-33(2,3)27-29-17-25(32-27)26(31)19-12-14-30(15-13-19)18-28-16-22(20-8-4-6-10-23(20)28)21-9-5-7-11-24(21)28/h4-11,17,19,22,26,31H,12-16,18H2,1-3H3. The Morgan fingerprint density at radius 1 is 1.03 bits per heavy atom. The molecular formula is C28H34N2OSSi. The van der Waals surface area contributed by atoms with E-state index in [1.54, 1.807) is 33.6 Å². The molecule has 2 aliphatic carbocycles. The molecule has 1 aliphatic heterocycles. The van der Waals surface area contributed by atoms with Crippen molar-refractivity contribution in [2.75, 3.05) is 19.6 Å². The summed E-state index contributed by atoms with van der Waals surface area (Å²) in [5, 5.41) is 11.1. The quantitative estimate of drug-likeness (QED) is 0.512. The number of rotatable bonds is 5. The van der Waals surface area contributed by atoms with Gasteiger partial charge in [-0.1, -0.05) is 68.2 Å². The van der Waals surface area contributed by atoms with E-state index < -0.39 is 8.07 Å². The Bertz CT molecular complexity index is 1130. The van der Waals surface area contributed by atoms with Gasteiger partial charge in [-0.2, -0.15) is 0 Å². The van der Waals surface area contributed by atoms with Gasteiger partial charge in [0.1, 0.15) is 8.07 Å². The van der Waals surface area contributed by atoms with Crippen molar-refractivity contribution in [3.05, 3.63) is 81.9 Å². The van der Waals surface area contributed by atoms with E-state index in [0.29, 0.717) is 11.8 Å². The second-order valence-corrected chi connectivity index (χ2v) is 17.8. The van der Waals surface area contributed by atoms with Gasteiger partial charge in [0.15, 0.2) is 0 Å². The van der Waals surface area contributed by atoms with E-state index in [0.717, 1.165) is 37.4 Å². The third kappa shape index (κ3) is 3.47. The van der Waals surface area contributed by atoms with Gasteiger partial charge in [0.25, 0.3) is 0 Å². The fourth-order valence-electron chi connectivity index (χ4n) is 6.62. The van der Waals surface area contributed by atoms with Gasteiger partial charge in [0, 0.05) is 24.1 Å². The maximum atomic E-state index is 11.1. The van der Waals surface area contributed by atoms with Gasteiger partial charge in [0.05, 0.1) is 15.6 Å². The first-order valence-corrected chi connectivity index (χ1v) is 16.7. The zero-order chi connectivity index (χ0) is 22.8. The van der Waals surface area contributed by atoms with Crippen LogP contribution in [0.2, 0.25) is 19.6 Å². The Kier molecular flexibility index (Phi) is 5.18. The zero-order valence-electron chi connectivity index (χ0n) is 19.9. The fraction of sp³-hybridized carbons (Fsp3) is 0.464. The Morgan fingerprint density at radius 2 is 1.64 bits per heavy atom. The second kappa shape index (κ2) is 7.87. The average Bonchev–Trinajstić information content (AvgIpc) is 3.52. The molecule has 33 heavy (non-hydrogen) atoms. The molecule has 1 unspecified atom stereocenters. The number of nitrogens with zero attached hydrogens (tertiary/aromatic N) is 2. The summed E-state index contributed by atoms with van der Waals surface area (Å²) in [5.41, 5.74) is 6.33. The highest BCUT2D eigenvalue weighted by Gasteiger charge is 2.53. The van der Waals surface area contributed by atoms with Gasteiger partial charge in [0.2, 0.25) is 0 Å². The lowest BCUT2D eigenvalue weighted by molar-refractivity contribution is 0.0561. The molecule has 1 saturated heterocycles. The Labute approximate surface area is 202 Å². The summed E-state index contributed by atoms with van der Waals surface area (Å²) in [6.45, 7) is 10.2. The van der Waals surface area contributed by atoms with Crippen molar-refractivity contribution in [3.8, 4) is 0 Å². The van der Waals surface area contributed by atoms with Crippen LogP contribution >= 0.6 is 11.3 Å². The largest absolute Gasteiger partial charge is 0.387 e. The van der Waals surface area contributed by atoms with Crippen molar-refractivity contribution in [1.82, 2.24) is 9.88 Å². The molecule has 1 atom stereocenters. The molecule has 2 aromatic carbocycles. The number of fused-ring (bicyclic) bond motifs is 8. The van der Waals surface area contributed by atoms with Crippen LogP contribution in [0.5, 0.6) is 0 Å². The number of aliphatic hydroxyl groups is 1. The smallest absolute Gasteiger partial charge is 0.114 e. The molecule has 0 saturated carbocycles. The van der Waals surface area contributed by atoms with Gasteiger partial charge in [-0.3, -0.25) is 4.98 Å². The van der Waals surface area contributed by atoms with Crippen LogP contribution in [0.25, 0.3) is 0 Å². The number of benzene rings is 2. The minimum Gasteiger partial charge on any atom is -0.387 e. The molecule has 2 bridgehead atoms. The number of hydrogen-bond donors (Lipinski definition) is 1. The lowest BCUT2D eigenvalue weighted by atomic mass is 9.74. The van der Waals surface area contributed by atoms with Crippen molar-refractivity contribution < 1.29 is 5.11 Å². The predicted octanol–water partition coefficient (Wildman–Crippen LogP) is 5.27. The number of piperidine rings is 1. The summed E-state index contributed by atoms with van der Waals surface area (Å²) in [5.74, 6) is 0.900. The summed E-state index contributed by atoms with van der Waals surface area (Å²) in [6.07, 6.45) is 4.92. The van der Waals surface area contributed by atoms with Crippen LogP contribution in [0.4, 0.5) is 0 Å². The molecule has 0 spiro atoms. The average molecular weight is 475 g/mol. The predicted molar refractivity (Wildman–Crippen MR) is 139 cm³/mol. The monoisotopic (exact) mass is 474 g/mol. The summed E-state index contributed by atoms with van der Waals surface area (Å²) >= 11 is 1.75. The van der Waals surface area contributed by atoms with Crippen LogP contribution in [0.15, 0.2) is 54.7 Å². The Balaban J connectivity index is 1.19. The highest BCUT2D eigenvalue weighted by molar-refractivity contribution is 7.25. The topological polar surface area (TPSA) is 36.4 Å². The van der Waals surface area contributed by atoms with Crippen LogP contribution < -0.4 is 4.63 Å². The third-order valence-corrected chi connectivity index (χ3v) is 12.7. The number of aliphatic hydroxyl groups excluding tert-OH is 1. The van der Waals surface area contributed by atoms with Crippen LogP contribution in [-0.2, 0) is 5.41 Å². The highest BCUT2D eigenvalue weighted by Crippen LogP contribution is 2.60. The van der Waals surface area contributed by atoms with Crippen LogP contribution in [0.1, 0.15) is 58.4 Å². The number of thiazole rings is 1. The maximum Gasteiger partial charge on any atom is 0.114 e. The van der Waals surface area contributed by atoms with E-state index in [1.165, 1.54) is 11.1 Å². The lowest BCUT2D eigenvalue weighted by Gasteiger charge is -2.40. The molecule has 3 nitrogen and oxygen atoms in total. The van der Waals surface area contributed by atoms with E-state index in [-0.39, 0.29) is 11.5 Å². The first kappa shape index (κ1) is 21.7. The zero-order valence-corrected chi connectivity index (χ0v) is 21.7. The molecule has 1 aromatic heterocycles. The van der Waals surface area contributed by atoms with Gasteiger partial charge < -0.3 is 10.0 Å². The lowest BCUT2D eigenvalue weighted by Crippen LogP contribution is -2.44. The molecule has 1 fully saturated rings. The van der Waals surface area contributed by atoms with E-state index in [1.807, 2.05) is 6.20 Å². The van der Waals surface area contributed by atoms with E-state index in [4.69, 9.17) is 0 Å². The molecule has 1 N–H and O–H groups in total. The van der Waals surface area contributed by atoms with Crippen LogP contribution in [-0.4, -0.2) is 42.7 Å². The first-order valence-electron chi connectivity index (χ1n) is 12.4. The Hall–Kier alpha value is -1.79. The van der Waals surface area contributed by atoms with E-state index in [2.05, 4.69) is 78.1 Å². The summed E-state index contributed by atoms with van der Waals surface area (Å²) in [7, 11) is -1.42. The van der Waals surface area contributed by atoms with Gasteiger partial charge in [-0.05, 0) is 60.5 Å². The van der Waals surface area contributed by atoms with E-state index >= 15 is 0 Å². The summed E-state index contributed by atoms with van der Waals surface area (Å²) < 4.78 is 1.25. The second-order valence-electron chi connectivity index (χ2n) is 11.4. The van der Waals surface area contributed by atoms with Gasteiger partial charge in [-0.25, -0.2) is 0 Å². The van der Waals surface area contributed by atoms with Gasteiger partial charge in [-0.15, -0.1) is 11.3 Å². The van der Waals surface area contributed by atoms with Crippen molar-refractivity contribution in [2.45, 2.75) is 56.3 Å². The molecule has 0 radical (unpaired) electrons. The van der Waals surface area contributed by atoms with Crippen molar-refractivity contribution in [3.63, 3.8) is 0 Å². The molecule has 3 aromatic rings. The summed E-state index contributed by atoms with van der Waals surface area (Å²) in [4.78, 5) is 8.41. The number of likely N-dealkylation sites (tertiary alicyclic amines) is 1. The maximum absolute atomic E-state index is 11.1. The number of aromatic nitrogens is 1. The third-order valence-electron chi connectivity index (χ3n) is 8.29.